The molecule has 0 N–H and O–H groups in total. The Morgan fingerprint density at radius 3 is 2.11 bits per heavy atom. The zero-order valence-corrected chi connectivity index (χ0v) is 21.1. The van der Waals surface area contributed by atoms with Gasteiger partial charge >= 0.3 is 12.1 Å². The number of alkyl halides is 3. The standard InChI is InChI=1S/C31H27F3O4/c1-19(2)29(35)38-30(3,16-17-31(32,33)34)20-12-14-21(15-13-20)36-27-18-26-24-10-5-4-8-22(24)23-9-6-7-11-25(23)28(26)37-27/h4-15,27H,1,16-18H2,2-3H3. The summed E-state index contributed by atoms with van der Waals surface area (Å²) < 4.78 is 56.9. The number of ether oxygens (including phenoxy) is 3. The van der Waals surface area contributed by atoms with Crippen molar-refractivity contribution in [3.63, 3.8) is 0 Å². The topological polar surface area (TPSA) is 44.8 Å². The molecule has 0 fully saturated rings. The van der Waals surface area contributed by atoms with Crippen LogP contribution in [-0.2, 0) is 21.6 Å². The van der Waals surface area contributed by atoms with Crippen molar-refractivity contribution in [2.45, 2.75) is 51.2 Å². The Morgan fingerprint density at radius 2 is 1.50 bits per heavy atom. The largest absolute Gasteiger partial charge is 0.455 e. The predicted molar refractivity (Wildman–Crippen MR) is 140 cm³/mol. The smallest absolute Gasteiger partial charge is 0.389 e. The normalized spacial score (nSPS) is 16.5. The van der Waals surface area contributed by atoms with E-state index >= 15 is 0 Å². The molecule has 196 valence electrons. The number of carbonyl (C=O) groups excluding carboxylic acids is 1. The van der Waals surface area contributed by atoms with Crippen LogP contribution in [0.15, 0.2) is 84.9 Å². The van der Waals surface area contributed by atoms with Crippen molar-refractivity contribution in [2.24, 2.45) is 0 Å². The van der Waals surface area contributed by atoms with Crippen molar-refractivity contribution in [1.29, 1.82) is 0 Å². The maximum Gasteiger partial charge on any atom is 0.389 e. The van der Waals surface area contributed by atoms with Gasteiger partial charge in [0.25, 0.3) is 0 Å². The molecular weight excluding hydrogens is 493 g/mol. The summed E-state index contributed by atoms with van der Waals surface area (Å²) in [7, 11) is 0. The molecule has 4 nitrogen and oxygen atoms in total. The van der Waals surface area contributed by atoms with Gasteiger partial charge in [0.1, 0.15) is 17.1 Å². The quantitative estimate of drug-likeness (QED) is 0.141. The van der Waals surface area contributed by atoms with Gasteiger partial charge in [-0.3, -0.25) is 0 Å². The molecule has 7 heteroatoms. The van der Waals surface area contributed by atoms with Crippen molar-refractivity contribution in [1.82, 2.24) is 0 Å². The molecule has 0 bridgehead atoms. The van der Waals surface area contributed by atoms with Crippen LogP contribution in [0.25, 0.3) is 21.5 Å². The summed E-state index contributed by atoms with van der Waals surface area (Å²) in [6.07, 6.45) is -5.92. The Hall–Kier alpha value is -4.00. The number of rotatable bonds is 7. The first-order valence-corrected chi connectivity index (χ1v) is 12.4. The molecule has 2 unspecified atom stereocenters. The molecule has 0 spiro atoms. The fourth-order valence-corrected chi connectivity index (χ4v) is 4.89. The third kappa shape index (κ3) is 5.05. The summed E-state index contributed by atoms with van der Waals surface area (Å²) in [5, 5.41) is 4.39. The number of esters is 1. The van der Waals surface area contributed by atoms with E-state index in [2.05, 4.69) is 24.8 Å². The molecule has 4 aromatic carbocycles. The molecule has 38 heavy (non-hydrogen) atoms. The summed E-state index contributed by atoms with van der Waals surface area (Å²) in [4.78, 5) is 12.2. The van der Waals surface area contributed by atoms with Crippen LogP contribution in [0.5, 0.6) is 11.5 Å². The fourth-order valence-electron chi connectivity index (χ4n) is 4.89. The zero-order valence-electron chi connectivity index (χ0n) is 21.1. The van der Waals surface area contributed by atoms with E-state index in [1.54, 1.807) is 24.3 Å². The lowest BCUT2D eigenvalue weighted by molar-refractivity contribution is -0.167. The minimum Gasteiger partial charge on any atom is -0.455 e. The molecule has 0 radical (unpaired) electrons. The van der Waals surface area contributed by atoms with Gasteiger partial charge in [-0.05, 0) is 54.1 Å². The number of benzene rings is 4. The molecule has 0 amide bonds. The Kier molecular flexibility index (Phi) is 6.55. The van der Waals surface area contributed by atoms with E-state index in [9.17, 15) is 18.0 Å². The van der Waals surface area contributed by atoms with Gasteiger partial charge in [-0.1, -0.05) is 67.2 Å². The average molecular weight is 521 g/mol. The second-order valence-electron chi connectivity index (χ2n) is 9.81. The lowest BCUT2D eigenvalue weighted by atomic mass is 9.90. The van der Waals surface area contributed by atoms with Gasteiger partial charge in [-0.25, -0.2) is 4.79 Å². The van der Waals surface area contributed by atoms with Gasteiger partial charge in [-0.15, -0.1) is 0 Å². The fraction of sp³-hybridized carbons (Fsp3) is 0.258. The lowest BCUT2D eigenvalue weighted by Gasteiger charge is -2.31. The lowest BCUT2D eigenvalue weighted by Crippen LogP contribution is -2.31. The van der Waals surface area contributed by atoms with E-state index in [1.165, 1.54) is 13.8 Å². The van der Waals surface area contributed by atoms with Crippen molar-refractivity contribution in [3.05, 3.63) is 96.1 Å². The second-order valence-corrected chi connectivity index (χ2v) is 9.81. The molecule has 0 saturated heterocycles. The highest BCUT2D eigenvalue weighted by molar-refractivity contribution is 6.12. The second kappa shape index (κ2) is 9.71. The highest BCUT2D eigenvalue weighted by atomic mass is 19.4. The molecule has 0 aliphatic carbocycles. The first-order chi connectivity index (χ1) is 18.0. The van der Waals surface area contributed by atoms with Crippen molar-refractivity contribution in [2.75, 3.05) is 0 Å². The third-order valence-electron chi connectivity index (χ3n) is 6.89. The number of halogens is 3. The minimum atomic E-state index is -4.39. The van der Waals surface area contributed by atoms with Gasteiger partial charge in [0.2, 0.25) is 6.29 Å². The van der Waals surface area contributed by atoms with Crippen LogP contribution in [0.1, 0.15) is 37.8 Å². The van der Waals surface area contributed by atoms with Crippen LogP contribution in [0, 0.1) is 0 Å². The number of fused-ring (bicyclic) bond motifs is 6. The Morgan fingerprint density at radius 1 is 0.921 bits per heavy atom. The molecule has 1 aliphatic heterocycles. The maximum absolute atomic E-state index is 13.0. The predicted octanol–water partition coefficient (Wildman–Crippen LogP) is 8.01. The SMILES string of the molecule is C=C(C)C(=O)OC(C)(CCC(F)(F)F)c1ccc(OC2Cc3c(c4ccccc4c4ccccc34)O2)cc1. The van der Waals surface area contributed by atoms with E-state index in [0.717, 1.165) is 32.9 Å². The minimum absolute atomic E-state index is 0.112. The van der Waals surface area contributed by atoms with Gasteiger partial charge in [0.05, 0.1) is 6.42 Å². The summed E-state index contributed by atoms with van der Waals surface area (Å²) in [5.74, 6) is 0.545. The van der Waals surface area contributed by atoms with Crippen LogP contribution in [0.4, 0.5) is 13.2 Å². The number of hydrogen-bond donors (Lipinski definition) is 0. The summed E-state index contributed by atoms with van der Waals surface area (Å²) in [5.41, 5.74) is 0.131. The van der Waals surface area contributed by atoms with Crippen molar-refractivity contribution < 1.29 is 32.2 Å². The van der Waals surface area contributed by atoms with Crippen LogP contribution < -0.4 is 9.47 Å². The Labute approximate surface area is 218 Å². The van der Waals surface area contributed by atoms with Crippen molar-refractivity contribution in [3.8, 4) is 11.5 Å². The third-order valence-corrected chi connectivity index (χ3v) is 6.89. The number of hydrogen-bond acceptors (Lipinski definition) is 4. The molecule has 5 rings (SSSR count). The monoisotopic (exact) mass is 520 g/mol. The Balaban J connectivity index is 1.38. The summed E-state index contributed by atoms with van der Waals surface area (Å²) in [6, 6.07) is 22.8. The van der Waals surface area contributed by atoms with E-state index in [0.29, 0.717) is 17.7 Å². The van der Waals surface area contributed by atoms with E-state index in [4.69, 9.17) is 14.2 Å². The molecule has 0 saturated carbocycles. The van der Waals surface area contributed by atoms with Crippen LogP contribution >= 0.6 is 0 Å². The molecular formula is C31H27F3O4. The van der Waals surface area contributed by atoms with Crippen LogP contribution in [0.2, 0.25) is 0 Å². The summed E-state index contributed by atoms with van der Waals surface area (Å²) in [6.45, 7) is 6.47. The van der Waals surface area contributed by atoms with Crippen LogP contribution in [0.3, 0.4) is 0 Å². The van der Waals surface area contributed by atoms with Gasteiger partial charge in [0, 0.05) is 22.9 Å². The highest BCUT2D eigenvalue weighted by Crippen LogP contribution is 2.43. The average Bonchev–Trinajstić information content (AvgIpc) is 3.32. The first kappa shape index (κ1) is 25.6. The van der Waals surface area contributed by atoms with Gasteiger partial charge in [-0.2, -0.15) is 13.2 Å². The van der Waals surface area contributed by atoms with E-state index in [-0.39, 0.29) is 5.57 Å². The molecule has 0 aromatic heterocycles. The highest BCUT2D eigenvalue weighted by Gasteiger charge is 2.37. The van der Waals surface area contributed by atoms with Gasteiger partial charge < -0.3 is 14.2 Å². The Bertz CT molecular complexity index is 1460. The zero-order chi connectivity index (χ0) is 27.1. The maximum atomic E-state index is 13.0. The van der Waals surface area contributed by atoms with Crippen molar-refractivity contribution >= 4 is 27.5 Å². The van der Waals surface area contributed by atoms with E-state index in [1.807, 2.05) is 30.3 Å². The molecule has 2 atom stereocenters. The van der Waals surface area contributed by atoms with E-state index < -0.39 is 36.9 Å². The van der Waals surface area contributed by atoms with Gasteiger partial charge in [0.15, 0.2) is 0 Å². The first-order valence-electron chi connectivity index (χ1n) is 12.4. The summed E-state index contributed by atoms with van der Waals surface area (Å²) >= 11 is 0. The number of carbonyl (C=O) groups is 1. The van der Waals surface area contributed by atoms with Crippen LogP contribution in [-0.4, -0.2) is 18.4 Å². The molecule has 1 aliphatic rings. The molecule has 1 heterocycles. The molecule has 4 aromatic rings.